The average Bonchev–Trinajstić information content (AvgIpc) is 3.85. The predicted molar refractivity (Wildman–Crippen MR) is 183 cm³/mol. The number of rotatable bonds is 13. The maximum Gasteiger partial charge on any atom is 0.180 e. The summed E-state index contributed by atoms with van der Waals surface area (Å²) in [5, 5.41) is 18.2. The number of imidazole rings is 1. The van der Waals surface area contributed by atoms with E-state index in [0.717, 1.165) is 91.2 Å². The number of allylic oxidation sites excluding steroid dienone is 2. The zero-order valence-corrected chi connectivity index (χ0v) is 26.7. The molecule has 0 bridgehead atoms. The van der Waals surface area contributed by atoms with Crippen molar-refractivity contribution in [1.29, 1.82) is 0 Å². The number of fused-ring (bicyclic) bond motifs is 2. The van der Waals surface area contributed by atoms with Crippen LogP contribution in [0.3, 0.4) is 0 Å². The Morgan fingerprint density at radius 2 is 1.78 bits per heavy atom. The monoisotopic (exact) mass is 614 g/mol. The number of benzene rings is 3. The minimum Gasteiger partial charge on any atom is -0.491 e. The van der Waals surface area contributed by atoms with Gasteiger partial charge in [-0.2, -0.15) is 0 Å². The molecule has 0 saturated carbocycles. The van der Waals surface area contributed by atoms with E-state index in [2.05, 4.69) is 116 Å². The minimum atomic E-state index is 0.438. The van der Waals surface area contributed by atoms with Crippen LogP contribution < -0.4 is 10.1 Å². The van der Waals surface area contributed by atoms with Gasteiger partial charge in [-0.15, -0.1) is 5.10 Å². The molecule has 9 nitrogen and oxygen atoms in total. The fraction of sp³-hybridized carbons (Fsp3) is 0.351. The molecule has 1 saturated heterocycles. The average molecular weight is 615 g/mol. The van der Waals surface area contributed by atoms with E-state index in [4.69, 9.17) is 9.72 Å². The SMILES string of the molecule is CCCCc1nc2c(C)ccc(OCCCCN3CNC4C=CC=CC43)c2n1Cc1ccc(-c2ccccc2-c2nnn[nH]2)cc1. The van der Waals surface area contributed by atoms with Gasteiger partial charge in [-0.1, -0.05) is 92.2 Å². The van der Waals surface area contributed by atoms with Crippen LogP contribution in [0.4, 0.5) is 0 Å². The van der Waals surface area contributed by atoms with Crippen LogP contribution in [0.15, 0.2) is 85.0 Å². The molecule has 5 aromatic rings. The second-order valence-electron chi connectivity index (χ2n) is 12.3. The molecule has 0 spiro atoms. The number of hydrogen-bond donors (Lipinski definition) is 2. The lowest BCUT2D eigenvalue weighted by Gasteiger charge is -2.24. The Hall–Kier alpha value is -4.60. The van der Waals surface area contributed by atoms with Crippen LogP contribution >= 0.6 is 0 Å². The Morgan fingerprint density at radius 1 is 0.935 bits per heavy atom. The number of aromatic amines is 1. The number of nitrogens with one attached hydrogen (secondary N) is 2. The Labute approximate surface area is 270 Å². The van der Waals surface area contributed by atoms with Gasteiger partial charge < -0.3 is 9.30 Å². The van der Waals surface area contributed by atoms with Gasteiger partial charge in [0.25, 0.3) is 0 Å². The molecule has 1 aliphatic heterocycles. The number of hydrogen-bond acceptors (Lipinski definition) is 7. The first-order valence-corrected chi connectivity index (χ1v) is 16.6. The lowest BCUT2D eigenvalue weighted by atomic mass is 9.98. The van der Waals surface area contributed by atoms with Crippen molar-refractivity contribution in [2.24, 2.45) is 0 Å². The van der Waals surface area contributed by atoms with E-state index in [9.17, 15) is 0 Å². The summed E-state index contributed by atoms with van der Waals surface area (Å²) in [6.45, 7) is 7.81. The molecule has 2 aromatic heterocycles. The molecular formula is C37H42N8O. The smallest absolute Gasteiger partial charge is 0.180 e. The van der Waals surface area contributed by atoms with E-state index in [-0.39, 0.29) is 0 Å². The zero-order valence-electron chi connectivity index (χ0n) is 26.7. The first-order valence-electron chi connectivity index (χ1n) is 16.6. The van der Waals surface area contributed by atoms with Crippen molar-refractivity contribution in [3.8, 4) is 28.3 Å². The summed E-state index contributed by atoms with van der Waals surface area (Å²) in [6.07, 6.45) is 14.1. The summed E-state index contributed by atoms with van der Waals surface area (Å²) in [5.74, 6) is 2.70. The number of aryl methyl sites for hydroxylation is 2. The quantitative estimate of drug-likeness (QED) is 0.147. The van der Waals surface area contributed by atoms with Crippen molar-refractivity contribution in [1.82, 2.24) is 40.4 Å². The maximum absolute atomic E-state index is 6.53. The number of unbranched alkanes of at least 4 members (excludes halogenated alkanes) is 2. The first kappa shape index (κ1) is 30.1. The van der Waals surface area contributed by atoms with E-state index >= 15 is 0 Å². The highest BCUT2D eigenvalue weighted by atomic mass is 16.5. The van der Waals surface area contributed by atoms with Crippen LogP contribution in [0, 0.1) is 6.92 Å². The molecule has 7 rings (SSSR count). The molecule has 3 aromatic carbocycles. The van der Waals surface area contributed by atoms with Gasteiger partial charge in [-0.25, -0.2) is 10.1 Å². The van der Waals surface area contributed by atoms with Crippen LogP contribution in [-0.2, 0) is 13.0 Å². The van der Waals surface area contributed by atoms with Crippen LogP contribution in [0.1, 0.15) is 49.6 Å². The van der Waals surface area contributed by atoms with Gasteiger partial charge in [0.15, 0.2) is 5.82 Å². The molecule has 3 heterocycles. The summed E-state index contributed by atoms with van der Waals surface area (Å²) < 4.78 is 8.91. The Kier molecular flexibility index (Phi) is 9.03. The molecule has 236 valence electrons. The fourth-order valence-corrected chi connectivity index (χ4v) is 6.67. The molecule has 9 heteroatoms. The number of nitrogens with zero attached hydrogens (tertiary/aromatic N) is 6. The summed E-state index contributed by atoms with van der Waals surface area (Å²) in [5.41, 5.74) is 7.72. The van der Waals surface area contributed by atoms with Crippen molar-refractivity contribution in [3.63, 3.8) is 0 Å². The Morgan fingerprint density at radius 3 is 2.61 bits per heavy atom. The third-order valence-electron chi connectivity index (χ3n) is 9.18. The molecule has 46 heavy (non-hydrogen) atoms. The maximum atomic E-state index is 6.53. The van der Waals surface area contributed by atoms with Crippen LogP contribution in [-0.4, -0.2) is 67.0 Å². The van der Waals surface area contributed by atoms with Crippen molar-refractivity contribution in [2.45, 2.75) is 64.6 Å². The highest BCUT2D eigenvalue weighted by molar-refractivity contribution is 5.86. The van der Waals surface area contributed by atoms with Gasteiger partial charge in [0, 0.05) is 43.8 Å². The van der Waals surface area contributed by atoms with Crippen LogP contribution in [0.2, 0.25) is 0 Å². The molecule has 2 unspecified atom stereocenters. The zero-order chi connectivity index (χ0) is 31.3. The van der Waals surface area contributed by atoms with Gasteiger partial charge in [-0.05, 0) is 64.9 Å². The van der Waals surface area contributed by atoms with Crippen molar-refractivity contribution in [2.75, 3.05) is 19.8 Å². The van der Waals surface area contributed by atoms with Crippen LogP contribution in [0.25, 0.3) is 33.5 Å². The third kappa shape index (κ3) is 6.25. The van der Waals surface area contributed by atoms with Crippen molar-refractivity contribution < 1.29 is 4.74 Å². The first-order chi connectivity index (χ1) is 22.7. The van der Waals surface area contributed by atoms with E-state index in [1.807, 2.05) is 18.2 Å². The second-order valence-corrected chi connectivity index (χ2v) is 12.3. The molecule has 2 atom stereocenters. The normalized spacial score (nSPS) is 17.6. The number of H-pyrrole nitrogens is 1. The minimum absolute atomic E-state index is 0.438. The molecular weight excluding hydrogens is 572 g/mol. The van der Waals surface area contributed by atoms with Crippen LogP contribution in [0.5, 0.6) is 5.75 Å². The molecule has 2 N–H and O–H groups in total. The molecule has 2 aliphatic rings. The largest absolute Gasteiger partial charge is 0.491 e. The number of tetrazole rings is 1. The number of ether oxygens (including phenoxy) is 1. The summed E-state index contributed by atoms with van der Waals surface area (Å²) in [7, 11) is 0. The van der Waals surface area contributed by atoms with E-state index < -0.39 is 0 Å². The molecule has 1 aliphatic carbocycles. The van der Waals surface area contributed by atoms with Gasteiger partial charge in [0.2, 0.25) is 0 Å². The van der Waals surface area contributed by atoms with E-state index in [1.54, 1.807) is 0 Å². The van der Waals surface area contributed by atoms with E-state index in [1.165, 1.54) is 11.1 Å². The summed E-state index contributed by atoms with van der Waals surface area (Å²) in [6, 6.07) is 22.2. The third-order valence-corrected chi connectivity index (χ3v) is 9.18. The van der Waals surface area contributed by atoms with Gasteiger partial charge in [-0.3, -0.25) is 10.2 Å². The van der Waals surface area contributed by atoms with Crippen molar-refractivity contribution >= 4 is 11.0 Å². The summed E-state index contributed by atoms with van der Waals surface area (Å²) in [4.78, 5) is 7.71. The van der Waals surface area contributed by atoms with Gasteiger partial charge >= 0.3 is 0 Å². The molecule has 0 amide bonds. The Balaban J connectivity index is 1.09. The molecule has 0 radical (unpaired) electrons. The topological polar surface area (TPSA) is 96.8 Å². The standard InChI is InChI=1S/C37H42N8O/c1-3-4-15-34-39-35-26(2)16-21-33(46-23-10-9-22-44-25-38-31-13-7-8-14-32(31)44)36(35)45(34)24-27-17-19-28(20-18-27)29-11-5-6-12-30(29)37-40-42-43-41-37/h5-8,11-14,16-21,31-32,38H,3-4,9-10,15,22-25H2,1-2H3,(H,40,41,42,43). The van der Waals surface area contributed by atoms with Crippen molar-refractivity contribution in [3.05, 3.63) is 102 Å². The highest BCUT2D eigenvalue weighted by Gasteiger charge is 2.30. The van der Waals surface area contributed by atoms with Gasteiger partial charge in [0.1, 0.15) is 17.1 Å². The fourth-order valence-electron chi connectivity index (χ4n) is 6.67. The van der Waals surface area contributed by atoms with Gasteiger partial charge in [0.05, 0.1) is 12.1 Å². The lowest BCUT2D eigenvalue weighted by molar-refractivity contribution is 0.256. The predicted octanol–water partition coefficient (Wildman–Crippen LogP) is 6.47. The van der Waals surface area contributed by atoms with E-state index in [0.29, 0.717) is 24.5 Å². The second kappa shape index (κ2) is 13.8. The molecule has 1 fully saturated rings. The summed E-state index contributed by atoms with van der Waals surface area (Å²) >= 11 is 0. The highest BCUT2D eigenvalue weighted by Crippen LogP contribution is 2.33. The Bertz CT molecular complexity index is 1820. The lowest BCUT2D eigenvalue weighted by Crippen LogP contribution is -2.35. The number of aromatic nitrogens is 6.